The highest BCUT2D eigenvalue weighted by molar-refractivity contribution is 5.82. The molecule has 0 amide bonds. The molecule has 24 heavy (non-hydrogen) atoms. The summed E-state index contributed by atoms with van der Waals surface area (Å²) in [5.41, 5.74) is 5.25. The zero-order valence-electron chi connectivity index (χ0n) is 14.2. The van der Waals surface area contributed by atoms with Crippen molar-refractivity contribution in [3.8, 4) is 0 Å². The summed E-state index contributed by atoms with van der Waals surface area (Å²) in [6, 6.07) is 17.5. The van der Waals surface area contributed by atoms with Crippen LogP contribution in [0.4, 0.5) is 0 Å². The van der Waals surface area contributed by atoms with Gasteiger partial charge in [-0.05, 0) is 60.8 Å². The second-order valence-electron chi connectivity index (χ2n) is 6.89. The summed E-state index contributed by atoms with van der Waals surface area (Å²) in [5.74, 6) is -0.00269. The van der Waals surface area contributed by atoms with Crippen molar-refractivity contribution in [3.05, 3.63) is 70.8 Å². The molecule has 0 radical (unpaired) electrons. The standard InChI is InChI=1S/C22H26O2/c23-21-6-2-1-4-17-8-12-19(13-9-17)16-20-14-10-18(11-15-20)5-3-7-22(21)24/h8-15,21,23H,1-7,16H2. The van der Waals surface area contributed by atoms with E-state index in [2.05, 4.69) is 48.5 Å². The summed E-state index contributed by atoms with van der Waals surface area (Å²) >= 11 is 0. The Kier molecular flexibility index (Phi) is 5.81. The van der Waals surface area contributed by atoms with E-state index in [9.17, 15) is 9.90 Å². The highest BCUT2D eigenvalue weighted by atomic mass is 16.3. The lowest BCUT2D eigenvalue weighted by atomic mass is 9.97. The van der Waals surface area contributed by atoms with Crippen LogP contribution in [-0.4, -0.2) is 17.0 Å². The highest BCUT2D eigenvalue weighted by Crippen LogP contribution is 2.16. The molecule has 5 rings (SSSR count). The Hall–Kier alpha value is -1.93. The van der Waals surface area contributed by atoms with Gasteiger partial charge in [0.2, 0.25) is 0 Å². The fourth-order valence-corrected chi connectivity index (χ4v) is 3.34. The number of aliphatic hydroxyl groups excluding tert-OH is 1. The second-order valence-corrected chi connectivity index (χ2v) is 6.89. The van der Waals surface area contributed by atoms with Gasteiger partial charge in [-0.3, -0.25) is 4.79 Å². The summed E-state index contributed by atoms with van der Waals surface area (Å²) < 4.78 is 0. The molecular formula is C22H26O2. The van der Waals surface area contributed by atoms with E-state index in [1.807, 2.05) is 0 Å². The number of carbonyl (C=O) groups excluding carboxylic acids is 1. The molecule has 1 atom stereocenters. The van der Waals surface area contributed by atoms with E-state index in [1.54, 1.807) is 0 Å². The van der Waals surface area contributed by atoms with Crippen molar-refractivity contribution >= 4 is 5.78 Å². The lowest BCUT2D eigenvalue weighted by Gasteiger charge is -2.11. The number of benzene rings is 2. The Morgan fingerprint density at radius 1 is 0.667 bits per heavy atom. The van der Waals surface area contributed by atoms with Crippen LogP contribution in [0.2, 0.25) is 0 Å². The van der Waals surface area contributed by atoms with Gasteiger partial charge in [0.1, 0.15) is 6.10 Å². The molecule has 2 aromatic rings. The van der Waals surface area contributed by atoms with Gasteiger partial charge < -0.3 is 5.11 Å². The highest BCUT2D eigenvalue weighted by Gasteiger charge is 2.14. The third kappa shape index (κ3) is 4.78. The van der Waals surface area contributed by atoms with Gasteiger partial charge in [-0.1, -0.05) is 55.0 Å². The molecule has 3 aliphatic carbocycles. The van der Waals surface area contributed by atoms with Gasteiger partial charge in [0.05, 0.1) is 0 Å². The third-order valence-corrected chi connectivity index (χ3v) is 4.91. The predicted molar refractivity (Wildman–Crippen MR) is 97.2 cm³/mol. The van der Waals surface area contributed by atoms with Crippen LogP contribution in [0, 0.1) is 0 Å². The number of aryl methyl sites for hydroxylation is 2. The molecule has 1 unspecified atom stereocenters. The van der Waals surface area contributed by atoms with E-state index >= 15 is 0 Å². The fourth-order valence-electron chi connectivity index (χ4n) is 3.34. The quantitative estimate of drug-likeness (QED) is 0.787. The molecule has 2 nitrogen and oxygen atoms in total. The smallest absolute Gasteiger partial charge is 0.161 e. The monoisotopic (exact) mass is 322 g/mol. The van der Waals surface area contributed by atoms with Crippen molar-refractivity contribution < 1.29 is 9.90 Å². The Bertz CT molecular complexity index is 655. The van der Waals surface area contributed by atoms with E-state index in [0.29, 0.717) is 12.8 Å². The maximum atomic E-state index is 12.0. The first kappa shape index (κ1) is 16.9. The van der Waals surface area contributed by atoms with Gasteiger partial charge in [-0.2, -0.15) is 0 Å². The molecule has 0 aliphatic heterocycles. The number of aliphatic hydroxyl groups is 1. The van der Waals surface area contributed by atoms with Gasteiger partial charge in [0.15, 0.2) is 5.78 Å². The summed E-state index contributed by atoms with van der Waals surface area (Å²) in [6.07, 6.45) is 5.88. The molecule has 126 valence electrons. The number of hydrogen-bond acceptors (Lipinski definition) is 2. The number of carbonyl (C=O) groups is 1. The maximum absolute atomic E-state index is 12.0. The Labute approximate surface area is 144 Å². The first-order valence-corrected chi connectivity index (χ1v) is 9.07. The molecule has 0 saturated heterocycles. The van der Waals surface area contributed by atoms with E-state index in [-0.39, 0.29) is 5.78 Å². The molecule has 0 aromatic heterocycles. The summed E-state index contributed by atoms with van der Waals surface area (Å²) in [7, 11) is 0. The molecule has 0 fully saturated rings. The van der Waals surface area contributed by atoms with Crippen LogP contribution >= 0.6 is 0 Å². The van der Waals surface area contributed by atoms with Crippen LogP contribution in [0.1, 0.15) is 54.4 Å². The first-order chi connectivity index (χ1) is 11.7. The van der Waals surface area contributed by atoms with Crippen LogP contribution in [0.3, 0.4) is 0 Å². The van der Waals surface area contributed by atoms with Crippen LogP contribution in [0.5, 0.6) is 0 Å². The molecule has 0 spiro atoms. The molecule has 2 heteroatoms. The average Bonchev–Trinajstić information content (AvgIpc) is 2.60. The van der Waals surface area contributed by atoms with Crippen LogP contribution in [-0.2, 0) is 24.1 Å². The minimum atomic E-state index is -0.784. The van der Waals surface area contributed by atoms with Gasteiger partial charge >= 0.3 is 0 Å². The minimum Gasteiger partial charge on any atom is -0.385 e. The zero-order valence-corrected chi connectivity index (χ0v) is 14.2. The average molecular weight is 322 g/mol. The number of ketones is 1. The van der Waals surface area contributed by atoms with Gasteiger partial charge in [-0.25, -0.2) is 0 Å². The van der Waals surface area contributed by atoms with Crippen molar-refractivity contribution in [1.29, 1.82) is 0 Å². The predicted octanol–water partition coefficient (Wildman–Crippen LogP) is 4.26. The largest absolute Gasteiger partial charge is 0.385 e. The lowest BCUT2D eigenvalue weighted by Crippen LogP contribution is -2.20. The number of Topliss-reactive ketones (excluding diaryl/α,β-unsaturated/α-hetero) is 1. The number of hydrogen-bond donors (Lipinski definition) is 1. The Morgan fingerprint density at radius 3 is 1.75 bits per heavy atom. The van der Waals surface area contributed by atoms with E-state index in [0.717, 1.165) is 38.5 Å². The molecule has 0 saturated carbocycles. The second kappa shape index (κ2) is 8.25. The molecular weight excluding hydrogens is 296 g/mol. The van der Waals surface area contributed by atoms with E-state index < -0.39 is 6.10 Å². The van der Waals surface area contributed by atoms with Crippen LogP contribution in [0.25, 0.3) is 0 Å². The Morgan fingerprint density at radius 2 is 1.17 bits per heavy atom. The molecule has 2 aromatic carbocycles. The Balaban J connectivity index is 1.74. The lowest BCUT2D eigenvalue weighted by molar-refractivity contribution is -0.127. The van der Waals surface area contributed by atoms with Crippen molar-refractivity contribution in [3.63, 3.8) is 0 Å². The number of rotatable bonds is 0. The maximum Gasteiger partial charge on any atom is 0.161 e. The summed E-state index contributed by atoms with van der Waals surface area (Å²) in [6.45, 7) is 0. The molecule has 4 bridgehead atoms. The van der Waals surface area contributed by atoms with Crippen molar-refractivity contribution in [2.24, 2.45) is 0 Å². The van der Waals surface area contributed by atoms with Gasteiger partial charge in [0.25, 0.3) is 0 Å². The zero-order chi connectivity index (χ0) is 16.8. The van der Waals surface area contributed by atoms with Crippen molar-refractivity contribution in [2.45, 2.75) is 57.5 Å². The van der Waals surface area contributed by atoms with E-state index in [1.165, 1.54) is 22.3 Å². The van der Waals surface area contributed by atoms with Crippen LogP contribution < -0.4 is 0 Å². The summed E-state index contributed by atoms with van der Waals surface area (Å²) in [5, 5.41) is 10.0. The normalized spacial score (nSPS) is 19.9. The molecule has 0 heterocycles. The molecule has 3 aliphatic rings. The number of fused-ring (bicyclic) bond motifs is 2. The first-order valence-electron chi connectivity index (χ1n) is 9.07. The molecule has 1 N–H and O–H groups in total. The van der Waals surface area contributed by atoms with Crippen molar-refractivity contribution in [1.82, 2.24) is 0 Å². The van der Waals surface area contributed by atoms with Crippen molar-refractivity contribution in [2.75, 3.05) is 0 Å². The van der Waals surface area contributed by atoms with E-state index in [4.69, 9.17) is 0 Å². The third-order valence-electron chi connectivity index (χ3n) is 4.91. The van der Waals surface area contributed by atoms with Gasteiger partial charge in [0, 0.05) is 6.42 Å². The summed E-state index contributed by atoms with van der Waals surface area (Å²) in [4.78, 5) is 12.0. The minimum absolute atomic E-state index is 0.00269. The topological polar surface area (TPSA) is 37.3 Å². The fraction of sp³-hybridized carbons (Fsp3) is 0.409. The van der Waals surface area contributed by atoms with Crippen LogP contribution in [0.15, 0.2) is 48.5 Å². The SMILES string of the molecule is O=C1CCCc2ccc(cc2)Cc2ccc(cc2)CCCCC1O. The van der Waals surface area contributed by atoms with Gasteiger partial charge in [-0.15, -0.1) is 0 Å².